The van der Waals surface area contributed by atoms with E-state index in [4.69, 9.17) is 9.47 Å². The summed E-state index contributed by atoms with van der Waals surface area (Å²) < 4.78 is 11.3. The molecule has 416 valence electrons. The normalized spacial score (nSPS) is 24.8. The third kappa shape index (κ3) is 14.4. The second-order valence-electron chi connectivity index (χ2n) is 20.3. The molecule has 0 saturated carbocycles. The third-order valence-corrected chi connectivity index (χ3v) is 16.8. The van der Waals surface area contributed by atoms with Crippen LogP contribution in [0.25, 0.3) is 11.2 Å². The van der Waals surface area contributed by atoms with E-state index in [1.807, 2.05) is 32.9 Å². The number of aliphatic hydroxyl groups excluding tert-OH is 3. The van der Waals surface area contributed by atoms with Crippen molar-refractivity contribution in [3.8, 4) is 0 Å². The number of carbonyl (C=O) groups excluding carboxylic acids is 7. The van der Waals surface area contributed by atoms with E-state index in [9.17, 15) is 48.9 Å². The Kier molecular flexibility index (Phi) is 21.1. The van der Waals surface area contributed by atoms with Crippen LogP contribution >= 0.6 is 22.6 Å². The molecule has 4 unspecified atom stereocenters. The highest BCUT2D eigenvalue weighted by molar-refractivity contribution is 14.1. The Bertz CT molecular complexity index is 2550. The van der Waals surface area contributed by atoms with Gasteiger partial charge < -0.3 is 56.4 Å². The maximum Gasteiger partial charge on any atom is 0.410 e. The van der Waals surface area contributed by atoms with E-state index < -0.39 is 91.0 Å². The van der Waals surface area contributed by atoms with Gasteiger partial charge in [-0.3, -0.25) is 38.6 Å². The van der Waals surface area contributed by atoms with E-state index >= 15 is 0 Å². The smallest absolute Gasteiger partial charge is 0.410 e. The molecule has 3 aliphatic rings. The Hall–Kier alpha value is -5.83. The number of hydrogen-bond acceptors (Lipinski definition) is 16. The minimum absolute atomic E-state index is 0.0788. The van der Waals surface area contributed by atoms with Crippen molar-refractivity contribution >= 4 is 86.8 Å². The SMILES string of the molecule is C/C=C\CC(C)C1C[C@H](C(=O)N[C@@H]2[C@@H](O)[C@H](O)[C@H](Nc3ncnc4nc[nH]c34)O[C@H]2CO)N(C(=O)OCc2ccc(NC(=O)[C@H](C)NC(=O)[C@@H](NC(=O)CCN3C(=O)CC(C(I)(CC)CCCC)C3=O)C(C)C)cc2)C1. The molecule has 23 nitrogen and oxygen atoms in total. The molecule has 0 spiro atoms. The molecule has 3 saturated heterocycles. The van der Waals surface area contributed by atoms with Gasteiger partial charge in [-0.2, -0.15) is 0 Å². The minimum Gasteiger partial charge on any atom is -0.445 e. The van der Waals surface area contributed by atoms with Crippen LogP contribution in [0.3, 0.4) is 0 Å². The molecule has 2 aromatic heterocycles. The van der Waals surface area contributed by atoms with Gasteiger partial charge in [0.1, 0.15) is 54.9 Å². The average molecular weight is 1170 g/mol. The van der Waals surface area contributed by atoms with Crippen molar-refractivity contribution in [2.75, 3.05) is 30.3 Å². The highest BCUT2D eigenvalue weighted by Crippen LogP contribution is 2.43. The number of unbranched alkanes of at least 4 members (excludes halogenated alkanes) is 1. The number of hydrogen-bond donors (Lipinski definition) is 9. The number of H-pyrrole nitrogens is 1. The monoisotopic (exact) mass is 1170 g/mol. The fraction of sp³-hybridized carbons (Fsp3) is 0.615. The summed E-state index contributed by atoms with van der Waals surface area (Å²) in [6, 6.07) is 2.14. The van der Waals surface area contributed by atoms with Crippen LogP contribution in [0.15, 0.2) is 49.1 Å². The second-order valence-corrected chi connectivity index (χ2v) is 22.5. The number of allylic oxidation sites excluding steroid dienone is 2. The summed E-state index contributed by atoms with van der Waals surface area (Å²) in [5.74, 6) is -3.48. The lowest BCUT2D eigenvalue weighted by atomic mass is 9.84. The van der Waals surface area contributed by atoms with Gasteiger partial charge in [-0.15, -0.1) is 0 Å². The van der Waals surface area contributed by atoms with E-state index in [2.05, 4.69) is 76.0 Å². The Morgan fingerprint density at radius 2 is 1.75 bits per heavy atom. The molecule has 0 aliphatic carbocycles. The highest BCUT2D eigenvalue weighted by atomic mass is 127. The molecule has 6 rings (SSSR count). The minimum atomic E-state index is -1.61. The van der Waals surface area contributed by atoms with Crippen LogP contribution in [0, 0.1) is 23.7 Å². The predicted octanol–water partition coefficient (Wildman–Crippen LogP) is 3.44. The zero-order valence-corrected chi connectivity index (χ0v) is 46.3. The summed E-state index contributed by atoms with van der Waals surface area (Å²) in [6.07, 6.45) is 4.59. The van der Waals surface area contributed by atoms with Crippen LogP contribution in [0.5, 0.6) is 0 Å². The van der Waals surface area contributed by atoms with Crippen molar-refractivity contribution in [3.05, 3.63) is 54.6 Å². The number of nitrogens with zero attached hydrogens (tertiary/aromatic N) is 5. The molecule has 3 aromatic rings. The summed E-state index contributed by atoms with van der Waals surface area (Å²) in [7, 11) is 0. The van der Waals surface area contributed by atoms with Gasteiger partial charge in [0, 0.05) is 35.0 Å². The number of halogens is 1. The van der Waals surface area contributed by atoms with Crippen molar-refractivity contribution in [2.24, 2.45) is 23.7 Å². The summed E-state index contributed by atoms with van der Waals surface area (Å²) in [5, 5.41) is 46.6. The van der Waals surface area contributed by atoms with Crippen LogP contribution in [0.4, 0.5) is 16.3 Å². The van der Waals surface area contributed by atoms with E-state index in [1.165, 1.54) is 24.5 Å². The van der Waals surface area contributed by atoms with Crippen molar-refractivity contribution in [1.82, 2.24) is 45.7 Å². The van der Waals surface area contributed by atoms with Gasteiger partial charge in [0.15, 0.2) is 17.7 Å². The lowest BCUT2D eigenvalue weighted by Gasteiger charge is -2.43. The van der Waals surface area contributed by atoms with Crippen LogP contribution in [-0.4, -0.2) is 158 Å². The zero-order valence-electron chi connectivity index (χ0n) is 44.2. The van der Waals surface area contributed by atoms with E-state index in [0.717, 1.165) is 30.6 Å². The maximum absolute atomic E-state index is 14.1. The predicted molar refractivity (Wildman–Crippen MR) is 288 cm³/mol. The number of aliphatic hydroxyl groups is 3. The number of carbonyl (C=O) groups is 7. The Morgan fingerprint density at radius 1 is 1.01 bits per heavy atom. The van der Waals surface area contributed by atoms with Crippen LogP contribution in [0.2, 0.25) is 0 Å². The third-order valence-electron chi connectivity index (χ3n) is 14.7. The summed E-state index contributed by atoms with van der Waals surface area (Å²) >= 11 is 2.32. The number of fused-ring (bicyclic) bond motifs is 1. The number of aromatic amines is 1. The van der Waals surface area contributed by atoms with Crippen molar-refractivity contribution in [3.63, 3.8) is 0 Å². The van der Waals surface area contributed by atoms with E-state index in [0.29, 0.717) is 28.8 Å². The largest absolute Gasteiger partial charge is 0.445 e. The second kappa shape index (κ2) is 27.0. The number of aromatic nitrogens is 4. The first-order valence-electron chi connectivity index (χ1n) is 26.1. The highest BCUT2D eigenvalue weighted by Gasteiger charge is 2.50. The average Bonchev–Trinajstić information content (AvgIpc) is 4.16. The van der Waals surface area contributed by atoms with E-state index in [-0.39, 0.29) is 77.8 Å². The number of benzene rings is 1. The molecule has 0 radical (unpaired) electrons. The number of nitrogens with one attached hydrogen (secondary N) is 6. The first-order valence-corrected chi connectivity index (χ1v) is 27.2. The molecule has 24 heteroatoms. The quantitative estimate of drug-likeness (QED) is 0.0269. The number of imidazole rings is 1. The Balaban J connectivity index is 0.999. The van der Waals surface area contributed by atoms with Gasteiger partial charge >= 0.3 is 6.09 Å². The van der Waals surface area contributed by atoms with Crippen LogP contribution in [0.1, 0.15) is 105 Å². The maximum atomic E-state index is 14.1. The first kappa shape index (κ1) is 59.4. The van der Waals surface area contributed by atoms with Gasteiger partial charge in [-0.1, -0.05) is 94.3 Å². The molecule has 7 amide bonds. The van der Waals surface area contributed by atoms with Gasteiger partial charge in [0.25, 0.3) is 0 Å². The number of alkyl halides is 1. The van der Waals surface area contributed by atoms with Crippen LogP contribution in [-0.2, 0) is 44.8 Å². The Labute approximate surface area is 456 Å². The Morgan fingerprint density at radius 3 is 2.42 bits per heavy atom. The molecular weight excluding hydrogens is 1100 g/mol. The van der Waals surface area contributed by atoms with Crippen molar-refractivity contribution in [1.29, 1.82) is 0 Å². The van der Waals surface area contributed by atoms with E-state index in [1.54, 1.807) is 38.1 Å². The zero-order chi connectivity index (χ0) is 55.4. The molecular formula is C52H74IN11O12. The van der Waals surface area contributed by atoms with Gasteiger partial charge in [0.05, 0.1) is 24.9 Å². The molecule has 12 atom stereocenters. The topological polar surface area (TPSA) is 320 Å². The summed E-state index contributed by atoms with van der Waals surface area (Å²) in [6.45, 7) is 12.3. The molecule has 0 bridgehead atoms. The number of ether oxygens (including phenoxy) is 2. The van der Waals surface area contributed by atoms with Gasteiger partial charge in [-0.05, 0) is 75.0 Å². The molecule has 3 aliphatic heterocycles. The number of amides is 7. The van der Waals surface area contributed by atoms with Gasteiger partial charge in [0.2, 0.25) is 35.4 Å². The molecule has 5 heterocycles. The van der Waals surface area contributed by atoms with Crippen LogP contribution < -0.4 is 26.6 Å². The number of anilines is 2. The molecule has 76 heavy (non-hydrogen) atoms. The lowest BCUT2D eigenvalue weighted by Crippen LogP contribution is -2.67. The molecule has 3 fully saturated rings. The first-order chi connectivity index (χ1) is 36.2. The van der Waals surface area contributed by atoms with Crippen molar-refractivity contribution in [2.45, 2.75) is 159 Å². The van der Waals surface area contributed by atoms with Gasteiger partial charge in [-0.25, -0.2) is 19.7 Å². The summed E-state index contributed by atoms with van der Waals surface area (Å²) in [4.78, 5) is 112. The number of likely N-dealkylation sites (tertiary alicyclic amines) is 2. The fourth-order valence-electron chi connectivity index (χ4n) is 9.88. The fourth-order valence-corrected chi connectivity index (χ4v) is 10.7. The standard InChI is InChI=1S/C52H74IN11O12/c1-8-11-13-29(6)32-21-35(47(71)61-40-36(24-65)76-49(43(69)42(40)68)62-45-41-44(55-26-54-41)56-27-57-45)64(23-32)51(74)75-25-31-14-16-33(17-15-31)59-46(70)30(7)58-48(72)39(28(4)5)60-37(66)18-20-63-38(67)22-34(50(63)73)52(53,10-3)19-12-9-2/h8,11,14-17,26-30,32,34-36,39-40,42-43,49,65,68-69H,9-10,12-13,18-25H2,1-7H3,(H,58,72)(H,59,70)(H,60,66)(H,61,71)(H2,54,55,56,57,62)/b11-8-/t29?,30-,32?,34?,35+,36-,39-,40-,42+,43-,49+,52?/m0/s1. The number of imide groups is 1. The number of rotatable bonds is 24. The summed E-state index contributed by atoms with van der Waals surface area (Å²) in [5.41, 5.74) is 1.71. The molecule has 9 N–H and O–H groups in total. The van der Waals surface area contributed by atoms with Crippen molar-refractivity contribution < 1.29 is 58.4 Å². The molecule has 1 aromatic carbocycles. The lowest BCUT2D eigenvalue weighted by molar-refractivity contribution is -0.185.